The number of quaternary nitrogens is 2. The number of fused-ring (bicyclic) bond motifs is 1. The van der Waals surface area contributed by atoms with Crippen LogP contribution in [-0.2, 0) is 0 Å². The minimum absolute atomic E-state index is 0.0679. The van der Waals surface area contributed by atoms with Gasteiger partial charge in [-0.25, -0.2) is 4.39 Å². The second-order valence-corrected chi connectivity index (χ2v) is 7.47. The molecule has 1 fully saturated rings. The molecule has 2 aromatic rings. The number of nitrogens with one attached hydrogen (secondary N) is 3. The van der Waals surface area contributed by atoms with Crippen molar-refractivity contribution in [1.82, 2.24) is 5.32 Å². The largest absolute Gasteiger partial charge is 0.454 e. The van der Waals surface area contributed by atoms with Gasteiger partial charge in [-0.05, 0) is 30.3 Å². The Bertz CT molecular complexity index is 853. The van der Waals surface area contributed by atoms with E-state index in [1.54, 1.807) is 12.1 Å². The second-order valence-electron chi connectivity index (χ2n) is 7.47. The fraction of sp³-hybridized carbons (Fsp3) is 0.381. The summed E-state index contributed by atoms with van der Waals surface area (Å²) in [5.74, 6) is 0.593. The molecule has 4 rings (SSSR count). The predicted molar refractivity (Wildman–Crippen MR) is 101 cm³/mol. The van der Waals surface area contributed by atoms with Gasteiger partial charge >= 0.3 is 0 Å². The molecule has 0 bridgehead atoms. The molecule has 0 saturated carbocycles. The van der Waals surface area contributed by atoms with Crippen LogP contribution in [0.4, 0.5) is 4.39 Å². The number of rotatable bonds is 5. The molecule has 0 spiro atoms. The molecular formula is C21H26FN3O3+2. The second kappa shape index (κ2) is 8.16. The van der Waals surface area contributed by atoms with Crippen LogP contribution in [0.15, 0.2) is 42.5 Å². The molecule has 0 unspecified atom stereocenters. The summed E-state index contributed by atoms with van der Waals surface area (Å²) < 4.78 is 24.9. The molecule has 148 valence electrons. The maximum atomic E-state index is 13.9. The molecule has 6 nitrogen and oxygen atoms in total. The molecule has 2 heterocycles. The van der Waals surface area contributed by atoms with Crippen molar-refractivity contribution in [2.45, 2.75) is 6.04 Å². The van der Waals surface area contributed by atoms with E-state index in [0.717, 1.165) is 43.2 Å². The summed E-state index contributed by atoms with van der Waals surface area (Å²) in [5, 5.41) is 2.94. The molecule has 1 saturated heterocycles. The highest BCUT2D eigenvalue weighted by Crippen LogP contribution is 2.33. The number of halogens is 1. The van der Waals surface area contributed by atoms with Crippen LogP contribution in [0, 0.1) is 5.82 Å². The van der Waals surface area contributed by atoms with Crippen LogP contribution in [-0.4, -0.2) is 52.5 Å². The van der Waals surface area contributed by atoms with Crippen molar-refractivity contribution in [2.75, 3.05) is 46.6 Å². The number of likely N-dealkylation sites (N-methyl/N-ethyl adjacent to an activating group) is 1. The first-order valence-electron chi connectivity index (χ1n) is 9.70. The summed E-state index contributed by atoms with van der Waals surface area (Å²) in [6.45, 7) is 4.86. The molecule has 0 radical (unpaired) electrons. The fourth-order valence-corrected chi connectivity index (χ4v) is 3.91. The van der Waals surface area contributed by atoms with Crippen molar-refractivity contribution in [3.05, 3.63) is 59.4 Å². The Morgan fingerprint density at radius 1 is 1.11 bits per heavy atom. The highest BCUT2D eigenvalue weighted by Gasteiger charge is 2.31. The number of hydrogen-bond acceptors (Lipinski definition) is 3. The van der Waals surface area contributed by atoms with Crippen molar-refractivity contribution >= 4 is 5.91 Å². The van der Waals surface area contributed by atoms with Crippen LogP contribution in [0.2, 0.25) is 0 Å². The Hall–Kier alpha value is -2.64. The van der Waals surface area contributed by atoms with E-state index >= 15 is 0 Å². The van der Waals surface area contributed by atoms with Gasteiger partial charge in [0, 0.05) is 5.56 Å². The predicted octanol–water partition coefficient (Wildman–Crippen LogP) is -0.561. The maximum absolute atomic E-state index is 13.9. The van der Waals surface area contributed by atoms with Crippen LogP contribution in [0.5, 0.6) is 11.5 Å². The van der Waals surface area contributed by atoms with E-state index < -0.39 is 5.82 Å². The van der Waals surface area contributed by atoms with Gasteiger partial charge < -0.3 is 24.6 Å². The van der Waals surface area contributed by atoms with Crippen molar-refractivity contribution in [1.29, 1.82) is 0 Å². The van der Waals surface area contributed by atoms with Gasteiger partial charge in [-0.15, -0.1) is 0 Å². The van der Waals surface area contributed by atoms with E-state index in [2.05, 4.69) is 12.4 Å². The lowest BCUT2D eigenvalue weighted by molar-refractivity contribution is -1.02. The van der Waals surface area contributed by atoms with E-state index in [4.69, 9.17) is 9.47 Å². The normalized spacial score (nSPS) is 21.9. The molecule has 2 aromatic carbocycles. The summed E-state index contributed by atoms with van der Waals surface area (Å²) in [6.07, 6.45) is 0. The van der Waals surface area contributed by atoms with Crippen LogP contribution in [0.1, 0.15) is 22.0 Å². The number of piperazine rings is 1. The summed E-state index contributed by atoms with van der Waals surface area (Å²) in [7, 11) is 2.20. The molecule has 7 heteroatoms. The average Bonchev–Trinajstić information content (AvgIpc) is 3.17. The Labute approximate surface area is 163 Å². The van der Waals surface area contributed by atoms with Crippen molar-refractivity contribution in [3.63, 3.8) is 0 Å². The quantitative estimate of drug-likeness (QED) is 0.645. The van der Waals surface area contributed by atoms with Crippen molar-refractivity contribution in [3.8, 4) is 11.5 Å². The van der Waals surface area contributed by atoms with Gasteiger partial charge in [0.25, 0.3) is 5.91 Å². The van der Waals surface area contributed by atoms with E-state index in [0.29, 0.717) is 6.54 Å². The Balaban J connectivity index is 1.53. The van der Waals surface area contributed by atoms with Crippen LogP contribution in [0.25, 0.3) is 0 Å². The number of carbonyl (C=O) groups is 1. The molecule has 0 aliphatic carbocycles. The van der Waals surface area contributed by atoms with Crippen LogP contribution < -0.4 is 24.6 Å². The zero-order chi connectivity index (χ0) is 19.5. The molecule has 2 aliphatic heterocycles. The zero-order valence-electron chi connectivity index (χ0n) is 16.0. The first kappa shape index (κ1) is 18.7. The van der Waals surface area contributed by atoms with Crippen LogP contribution in [0.3, 0.4) is 0 Å². The zero-order valence-corrected chi connectivity index (χ0v) is 16.0. The average molecular weight is 387 g/mol. The number of ether oxygens (including phenoxy) is 2. The summed E-state index contributed by atoms with van der Waals surface area (Å²) >= 11 is 0. The van der Waals surface area contributed by atoms with E-state index in [1.807, 2.05) is 18.2 Å². The van der Waals surface area contributed by atoms with Crippen molar-refractivity contribution < 1.29 is 28.5 Å². The number of amides is 1. The molecule has 1 atom stereocenters. The monoisotopic (exact) mass is 387 g/mol. The minimum atomic E-state index is -0.504. The lowest BCUT2D eigenvalue weighted by Gasteiger charge is -2.33. The lowest BCUT2D eigenvalue weighted by atomic mass is 10.0. The molecule has 1 amide bonds. The fourth-order valence-electron chi connectivity index (χ4n) is 3.91. The van der Waals surface area contributed by atoms with Gasteiger partial charge in [0.05, 0.1) is 19.2 Å². The minimum Gasteiger partial charge on any atom is -0.454 e. The van der Waals surface area contributed by atoms with Gasteiger partial charge in [0.15, 0.2) is 11.5 Å². The van der Waals surface area contributed by atoms with Crippen molar-refractivity contribution in [2.24, 2.45) is 0 Å². The van der Waals surface area contributed by atoms with E-state index in [9.17, 15) is 9.18 Å². The summed E-state index contributed by atoms with van der Waals surface area (Å²) in [4.78, 5) is 15.4. The van der Waals surface area contributed by atoms with Gasteiger partial charge in [-0.1, -0.05) is 12.1 Å². The standard InChI is InChI=1S/C21H24FN3O3/c1-24-8-10-25(11-9-24)18(15-6-7-19-20(12-15)28-14-27-19)13-23-21(26)16-4-2-3-5-17(16)22/h2-7,12,18H,8-11,13-14H2,1H3,(H,23,26)/p+2/t18-/m0/s1. The third-order valence-corrected chi connectivity index (χ3v) is 5.62. The first-order chi connectivity index (χ1) is 13.6. The van der Waals surface area contributed by atoms with Gasteiger partial charge in [-0.2, -0.15) is 0 Å². The Morgan fingerprint density at radius 2 is 1.86 bits per heavy atom. The van der Waals surface area contributed by atoms with Crippen LogP contribution >= 0.6 is 0 Å². The highest BCUT2D eigenvalue weighted by molar-refractivity contribution is 5.94. The van der Waals surface area contributed by atoms with E-state index in [1.165, 1.54) is 21.9 Å². The third-order valence-electron chi connectivity index (χ3n) is 5.62. The molecule has 2 aliphatic rings. The van der Waals surface area contributed by atoms with Gasteiger partial charge in [0.1, 0.15) is 38.0 Å². The smallest absolute Gasteiger partial charge is 0.254 e. The number of carbonyl (C=O) groups excluding carboxylic acids is 1. The summed E-state index contributed by atoms with van der Waals surface area (Å²) in [5.41, 5.74) is 1.16. The maximum Gasteiger partial charge on any atom is 0.254 e. The van der Waals surface area contributed by atoms with Gasteiger partial charge in [-0.3, -0.25) is 4.79 Å². The summed E-state index contributed by atoms with van der Waals surface area (Å²) in [6, 6.07) is 12.1. The first-order valence-corrected chi connectivity index (χ1v) is 9.70. The highest BCUT2D eigenvalue weighted by atomic mass is 19.1. The number of benzene rings is 2. The van der Waals surface area contributed by atoms with E-state index in [-0.39, 0.29) is 24.3 Å². The third kappa shape index (κ3) is 3.95. The van der Waals surface area contributed by atoms with Gasteiger partial charge in [0.2, 0.25) is 6.79 Å². The lowest BCUT2D eigenvalue weighted by Crippen LogP contribution is -3.27. The number of hydrogen-bond donors (Lipinski definition) is 3. The molecule has 3 N–H and O–H groups in total. The topological polar surface area (TPSA) is 56.4 Å². The molecular weight excluding hydrogens is 361 g/mol. The molecule has 28 heavy (non-hydrogen) atoms. The Kier molecular flexibility index (Phi) is 5.45. The Morgan fingerprint density at radius 3 is 2.64 bits per heavy atom. The SMILES string of the molecule is C[NH+]1CC[NH+]([C@@H](CNC(=O)c2ccccc2F)c2ccc3c(c2)OCO3)CC1. The molecule has 0 aromatic heterocycles.